The van der Waals surface area contributed by atoms with E-state index in [0.29, 0.717) is 11.7 Å². The van der Waals surface area contributed by atoms with Gasteiger partial charge in [-0.25, -0.2) is 0 Å². The van der Waals surface area contributed by atoms with Crippen molar-refractivity contribution in [2.24, 2.45) is 5.92 Å². The number of benzene rings is 1. The standard InChI is InChI=1S/C23H34N2O2S/c1-17(2)8-7-13-25-14-11-23(12-15-25)19-10-6-5-9-18(19)21(22(23)27-3)24-20(26)16-28-4/h5-10,17,21-22H,11-16H2,1-4H3,(H,24,26)/b8-7+/t21-,22+/m1/s1. The van der Waals surface area contributed by atoms with Crippen LogP contribution in [0.2, 0.25) is 0 Å². The van der Waals surface area contributed by atoms with Crippen molar-refractivity contribution >= 4 is 17.7 Å². The smallest absolute Gasteiger partial charge is 0.230 e. The minimum absolute atomic E-state index is 0.0101. The Balaban J connectivity index is 1.80. The number of carbonyl (C=O) groups excluding carboxylic acids is 1. The van der Waals surface area contributed by atoms with Gasteiger partial charge in [-0.3, -0.25) is 9.69 Å². The maximum Gasteiger partial charge on any atom is 0.230 e. The fourth-order valence-electron chi connectivity index (χ4n) is 4.89. The molecule has 1 N–H and O–H groups in total. The van der Waals surface area contributed by atoms with Gasteiger partial charge in [-0.2, -0.15) is 11.8 Å². The highest BCUT2D eigenvalue weighted by atomic mass is 32.2. The second kappa shape index (κ2) is 9.47. The van der Waals surface area contributed by atoms with Crippen molar-refractivity contribution in [2.45, 2.75) is 44.2 Å². The fourth-order valence-corrected chi connectivity index (χ4v) is 5.23. The molecular weight excluding hydrogens is 368 g/mol. The summed E-state index contributed by atoms with van der Waals surface area (Å²) in [7, 11) is 1.80. The third-order valence-electron chi connectivity index (χ3n) is 6.16. The average Bonchev–Trinajstić information content (AvgIpc) is 2.92. The number of fused-ring (bicyclic) bond motifs is 2. The van der Waals surface area contributed by atoms with E-state index in [4.69, 9.17) is 4.74 Å². The number of allylic oxidation sites excluding steroid dienone is 1. The summed E-state index contributed by atoms with van der Waals surface area (Å²) in [5.41, 5.74) is 2.59. The Kier molecular flexibility index (Phi) is 7.24. The number of methoxy groups -OCH3 is 1. The molecule has 0 unspecified atom stereocenters. The van der Waals surface area contributed by atoms with E-state index in [1.165, 1.54) is 11.1 Å². The molecule has 154 valence electrons. The molecule has 3 rings (SSSR count). The molecule has 1 aromatic carbocycles. The number of rotatable bonds is 7. The summed E-state index contributed by atoms with van der Waals surface area (Å²) in [6.45, 7) is 7.56. The first-order valence-corrected chi connectivity index (χ1v) is 11.7. The van der Waals surface area contributed by atoms with Crippen molar-refractivity contribution in [3.05, 3.63) is 47.5 Å². The van der Waals surface area contributed by atoms with E-state index in [1.54, 1.807) is 18.9 Å². The summed E-state index contributed by atoms with van der Waals surface area (Å²) < 4.78 is 6.07. The van der Waals surface area contributed by atoms with Crippen LogP contribution in [0.1, 0.15) is 43.9 Å². The number of carbonyl (C=O) groups is 1. The first-order valence-electron chi connectivity index (χ1n) is 10.3. The number of nitrogens with zero attached hydrogens (tertiary/aromatic N) is 1. The Morgan fingerprint density at radius 3 is 2.71 bits per heavy atom. The average molecular weight is 403 g/mol. The molecule has 1 aliphatic heterocycles. The van der Waals surface area contributed by atoms with Gasteiger partial charge in [0.1, 0.15) is 0 Å². The van der Waals surface area contributed by atoms with Crippen LogP contribution in [0.5, 0.6) is 0 Å². The van der Waals surface area contributed by atoms with E-state index in [0.717, 1.165) is 32.5 Å². The molecule has 0 saturated carbocycles. The molecule has 1 amide bonds. The van der Waals surface area contributed by atoms with Crippen molar-refractivity contribution in [1.29, 1.82) is 0 Å². The van der Waals surface area contributed by atoms with E-state index < -0.39 is 0 Å². The van der Waals surface area contributed by atoms with Crippen molar-refractivity contribution in [2.75, 3.05) is 38.8 Å². The van der Waals surface area contributed by atoms with Crippen molar-refractivity contribution < 1.29 is 9.53 Å². The quantitative estimate of drug-likeness (QED) is 0.705. The Morgan fingerprint density at radius 2 is 2.07 bits per heavy atom. The fraction of sp³-hybridized carbons (Fsp3) is 0.609. The summed E-state index contributed by atoms with van der Waals surface area (Å²) in [6, 6.07) is 8.54. The lowest BCUT2D eigenvalue weighted by Crippen LogP contribution is -2.50. The summed E-state index contributed by atoms with van der Waals surface area (Å²) in [5.74, 6) is 1.17. The van der Waals surface area contributed by atoms with Crippen LogP contribution < -0.4 is 5.32 Å². The van der Waals surface area contributed by atoms with Gasteiger partial charge in [-0.05, 0) is 49.2 Å². The molecule has 5 heteroatoms. The van der Waals surface area contributed by atoms with Crippen molar-refractivity contribution in [1.82, 2.24) is 10.2 Å². The number of hydrogen-bond donors (Lipinski definition) is 1. The summed E-state index contributed by atoms with van der Waals surface area (Å²) in [5, 5.41) is 3.26. The van der Waals surface area contributed by atoms with E-state index in [2.05, 4.69) is 60.5 Å². The predicted octanol–water partition coefficient (Wildman–Crippen LogP) is 3.78. The van der Waals surface area contributed by atoms with Crippen LogP contribution in [0, 0.1) is 5.92 Å². The predicted molar refractivity (Wildman–Crippen MR) is 118 cm³/mol. The molecule has 0 aromatic heterocycles. The summed E-state index contributed by atoms with van der Waals surface area (Å²) in [6.07, 6.45) is 8.65. The normalized spacial score (nSPS) is 24.2. The van der Waals surface area contributed by atoms with Crippen molar-refractivity contribution in [3.63, 3.8) is 0 Å². The highest BCUT2D eigenvalue weighted by molar-refractivity contribution is 7.99. The lowest BCUT2D eigenvalue weighted by molar-refractivity contribution is -0.120. The van der Waals surface area contributed by atoms with Gasteiger partial charge >= 0.3 is 0 Å². The lowest BCUT2D eigenvalue weighted by Gasteiger charge is -2.44. The van der Waals surface area contributed by atoms with Crippen LogP contribution in [0.25, 0.3) is 0 Å². The van der Waals surface area contributed by atoms with Crippen LogP contribution in [-0.2, 0) is 14.9 Å². The van der Waals surface area contributed by atoms with E-state index in [9.17, 15) is 4.79 Å². The third kappa shape index (κ3) is 4.32. The largest absolute Gasteiger partial charge is 0.378 e. The van der Waals surface area contributed by atoms with Crippen molar-refractivity contribution in [3.8, 4) is 0 Å². The second-order valence-electron chi connectivity index (χ2n) is 8.35. The van der Waals surface area contributed by atoms with Gasteiger partial charge in [0.05, 0.1) is 17.9 Å². The Morgan fingerprint density at radius 1 is 1.36 bits per heavy atom. The SMILES string of the molecule is CO[C@H]1[C@H](NC(=O)CSC)c2ccccc2C12CCN(C/C=C/C(C)C)CC2. The molecular formula is C23H34N2O2S. The molecule has 1 spiro atoms. The highest BCUT2D eigenvalue weighted by Gasteiger charge is 2.53. The van der Waals surface area contributed by atoms with Crippen LogP contribution in [-0.4, -0.2) is 55.7 Å². The molecule has 1 fully saturated rings. The number of piperidine rings is 1. The molecule has 0 bridgehead atoms. The van der Waals surface area contributed by atoms with E-state index in [-0.39, 0.29) is 23.5 Å². The molecule has 1 heterocycles. The highest BCUT2D eigenvalue weighted by Crippen LogP contribution is 2.52. The molecule has 1 saturated heterocycles. The maximum atomic E-state index is 12.4. The molecule has 2 aliphatic rings. The first-order chi connectivity index (χ1) is 13.5. The molecule has 1 aromatic rings. The van der Waals surface area contributed by atoms with Gasteiger partial charge in [-0.15, -0.1) is 0 Å². The Bertz CT molecular complexity index is 696. The van der Waals surface area contributed by atoms with Crippen LogP contribution in [0.3, 0.4) is 0 Å². The summed E-state index contributed by atoms with van der Waals surface area (Å²) in [4.78, 5) is 14.9. The minimum atomic E-state index is -0.0618. The van der Waals surface area contributed by atoms with Gasteiger partial charge in [0.25, 0.3) is 0 Å². The van der Waals surface area contributed by atoms with Gasteiger partial charge in [0, 0.05) is 19.1 Å². The lowest BCUT2D eigenvalue weighted by atomic mass is 9.72. The molecule has 4 nitrogen and oxygen atoms in total. The Hall–Kier alpha value is -1.30. The monoisotopic (exact) mass is 402 g/mol. The van der Waals surface area contributed by atoms with Gasteiger partial charge in [-0.1, -0.05) is 50.3 Å². The topological polar surface area (TPSA) is 41.6 Å². The number of ether oxygens (including phenoxy) is 1. The van der Waals surface area contributed by atoms with Crippen LogP contribution in [0.15, 0.2) is 36.4 Å². The van der Waals surface area contributed by atoms with E-state index >= 15 is 0 Å². The van der Waals surface area contributed by atoms with E-state index in [1.807, 2.05) is 6.26 Å². The van der Waals surface area contributed by atoms with Gasteiger partial charge in [0.2, 0.25) is 5.91 Å². The van der Waals surface area contributed by atoms with Gasteiger partial charge < -0.3 is 10.1 Å². The number of amides is 1. The molecule has 2 atom stereocenters. The summed E-state index contributed by atoms with van der Waals surface area (Å²) >= 11 is 1.55. The molecule has 28 heavy (non-hydrogen) atoms. The zero-order valence-electron chi connectivity index (χ0n) is 17.6. The number of nitrogens with one attached hydrogen (secondary N) is 1. The zero-order chi connectivity index (χ0) is 20.1. The molecule has 1 aliphatic carbocycles. The number of thioether (sulfide) groups is 1. The maximum absolute atomic E-state index is 12.4. The first kappa shape index (κ1) is 21.4. The third-order valence-corrected chi connectivity index (χ3v) is 6.71. The second-order valence-corrected chi connectivity index (χ2v) is 9.22. The zero-order valence-corrected chi connectivity index (χ0v) is 18.4. The van der Waals surface area contributed by atoms with Gasteiger partial charge in [0.15, 0.2) is 0 Å². The Labute approximate surface area is 174 Å². The number of likely N-dealkylation sites (tertiary alicyclic amines) is 1. The van der Waals surface area contributed by atoms with Crippen LogP contribution >= 0.6 is 11.8 Å². The van der Waals surface area contributed by atoms with Crippen LogP contribution in [0.4, 0.5) is 0 Å². The molecule has 0 radical (unpaired) electrons. The minimum Gasteiger partial charge on any atom is -0.378 e. The number of hydrogen-bond acceptors (Lipinski definition) is 4.